The number of carbonyl (C=O) groups excluding carboxylic acids is 1. The monoisotopic (exact) mass is 290 g/mol. The molecule has 116 valence electrons. The van der Waals surface area contributed by atoms with Gasteiger partial charge in [-0.25, -0.2) is 0 Å². The second kappa shape index (κ2) is 6.97. The summed E-state index contributed by atoms with van der Waals surface area (Å²) < 4.78 is 11.6. The predicted octanol–water partition coefficient (Wildman–Crippen LogP) is 4.64. The maximum Gasteiger partial charge on any atom is 0.150 e. The first-order valence-electron chi connectivity index (χ1n) is 7.98. The van der Waals surface area contributed by atoms with Gasteiger partial charge < -0.3 is 9.47 Å². The summed E-state index contributed by atoms with van der Waals surface area (Å²) in [6.45, 7) is 7.15. The van der Waals surface area contributed by atoms with Gasteiger partial charge in [0, 0.05) is 11.6 Å². The van der Waals surface area contributed by atoms with Crippen molar-refractivity contribution in [1.82, 2.24) is 0 Å². The molecule has 0 bridgehead atoms. The summed E-state index contributed by atoms with van der Waals surface area (Å²) in [4.78, 5) is 11.0. The highest BCUT2D eigenvalue weighted by Gasteiger charge is 2.30. The quantitative estimate of drug-likeness (QED) is 0.716. The Morgan fingerprint density at radius 2 is 1.86 bits per heavy atom. The molecule has 0 amide bonds. The molecular weight excluding hydrogens is 264 g/mol. The van der Waals surface area contributed by atoms with Crippen molar-refractivity contribution in [2.75, 3.05) is 6.61 Å². The van der Waals surface area contributed by atoms with Crippen molar-refractivity contribution in [3.8, 4) is 11.5 Å². The third kappa shape index (κ3) is 4.23. The molecule has 3 heteroatoms. The molecule has 0 heterocycles. The summed E-state index contributed by atoms with van der Waals surface area (Å²) in [7, 11) is 0. The lowest BCUT2D eigenvalue weighted by Gasteiger charge is -2.36. The first-order chi connectivity index (χ1) is 10.1. The molecular formula is C18H26O3. The minimum atomic E-state index is 0.251. The van der Waals surface area contributed by atoms with Crippen LogP contribution in [0.3, 0.4) is 0 Å². The van der Waals surface area contributed by atoms with Crippen LogP contribution >= 0.6 is 0 Å². The summed E-state index contributed by atoms with van der Waals surface area (Å²) in [5.74, 6) is 1.44. The predicted molar refractivity (Wildman–Crippen MR) is 84.3 cm³/mol. The summed E-state index contributed by atoms with van der Waals surface area (Å²) in [6, 6.07) is 5.42. The zero-order chi connectivity index (χ0) is 15.3. The molecule has 0 spiro atoms. The van der Waals surface area contributed by atoms with Crippen LogP contribution in [0.15, 0.2) is 18.2 Å². The summed E-state index contributed by atoms with van der Waals surface area (Å²) in [5, 5.41) is 0. The van der Waals surface area contributed by atoms with E-state index in [-0.39, 0.29) is 6.10 Å². The number of rotatable bonds is 6. The number of benzene rings is 1. The van der Waals surface area contributed by atoms with Gasteiger partial charge in [-0.1, -0.05) is 20.3 Å². The Morgan fingerprint density at radius 1 is 1.19 bits per heavy atom. The van der Waals surface area contributed by atoms with Crippen molar-refractivity contribution in [1.29, 1.82) is 0 Å². The van der Waals surface area contributed by atoms with Gasteiger partial charge in [-0.2, -0.15) is 0 Å². The average molecular weight is 290 g/mol. The van der Waals surface area contributed by atoms with Crippen LogP contribution in [0.1, 0.15) is 63.2 Å². The Morgan fingerprint density at radius 3 is 2.43 bits per heavy atom. The van der Waals surface area contributed by atoms with E-state index >= 15 is 0 Å². The second-order valence-corrected chi connectivity index (χ2v) is 6.27. The molecule has 0 atom stereocenters. The van der Waals surface area contributed by atoms with Crippen LogP contribution in [0.2, 0.25) is 0 Å². The normalized spacial score (nSPS) is 25.4. The molecule has 0 aromatic heterocycles. The SMILES string of the molecule is CCOc1cc(C=O)cc(OC2CCC(C)(CC)CC2)c1. The van der Waals surface area contributed by atoms with Crippen molar-refractivity contribution in [3.63, 3.8) is 0 Å². The van der Waals surface area contributed by atoms with Crippen molar-refractivity contribution in [2.45, 2.75) is 59.0 Å². The molecule has 0 radical (unpaired) electrons. The Labute approximate surface area is 127 Å². The average Bonchev–Trinajstić information content (AvgIpc) is 2.50. The van der Waals surface area contributed by atoms with E-state index in [9.17, 15) is 4.79 Å². The lowest BCUT2D eigenvalue weighted by molar-refractivity contribution is 0.0864. The molecule has 3 nitrogen and oxygen atoms in total. The topological polar surface area (TPSA) is 35.5 Å². The van der Waals surface area contributed by atoms with Crippen LogP contribution in [0.5, 0.6) is 11.5 Å². The van der Waals surface area contributed by atoms with Crippen LogP contribution in [-0.2, 0) is 0 Å². The van der Waals surface area contributed by atoms with E-state index in [2.05, 4.69) is 13.8 Å². The van der Waals surface area contributed by atoms with E-state index in [4.69, 9.17) is 9.47 Å². The number of hydrogen-bond acceptors (Lipinski definition) is 3. The maximum atomic E-state index is 11.0. The Balaban J connectivity index is 2.03. The molecule has 0 unspecified atom stereocenters. The first-order valence-corrected chi connectivity index (χ1v) is 7.98. The fourth-order valence-electron chi connectivity index (χ4n) is 2.93. The lowest BCUT2D eigenvalue weighted by Crippen LogP contribution is -2.29. The highest BCUT2D eigenvalue weighted by atomic mass is 16.5. The molecule has 1 aliphatic rings. The van der Waals surface area contributed by atoms with Gasteiger partial charge in [0.1, 0.15) is 17.8 Å². The largest absolute Gasteiger partial charge is 0.494 e. The summed E-state index contributed by atoms with van der Waals surface area (Å²) in [5.41, 5.74) is 1.08. The van der Waals surface area contributed by atoms with Crippen molar-refractivity contribution < 1.29 is 14.3 Å². The van der Waals surface area contributed by atoms with Gasteiger partial charge in [-0.15, -0.1) is 0 Å². The maximum absolute atomic E-state index is 11.0. The molecule has 0 saturated heterocycles. The van der Waals surface area contributed by atoms with E-state index in [1.807, 2.05) is 13.0 Å². The number of ether oxygens (including phenoxy) is 2. The third-order valence-corrected chi connectivity index (χ3v) is 4.65. The van der Waals surface area contributed by atoms with E-state index in [1.54, 1.807) is 12.1 Å². The summed E-state index contributed by atoms with van der Waals surface area (Å²) in [6.07, 6.45) is 6.90. The number of hydrogen-bond donors (Lipinski definition) is 0. The van der Waals surface area contributed by atoms with Crippen LogP contribution in [0.25, 0.3) is 0 Å². The van der Waals surface area contributed by atoms with Gasteiger partial charge in [0.25, 0.3) is 0 Å². The lowest BCUT2D eigenvalue weighted by atomic mass is 9.73. The van der Waals surface area contributed by atoms with Gasteiger partial charge >= 0.3 is 0 Å². The Bertz CT molecular complexity index is 473. The fraction of sp³-hybridized carbons (Fsp3) is 0.611. The van der Waals surface area contributed by atoms with E-state index in [0.717, 1.165) is 24.9 Å². The molecule has 1 aromatic rings. The fourth-order valence-corrected chi connectivity index (χ4v) is 2.93. The van der Waals surface area contributed by atoms with Crippen LogP contribution < -0.4 is 9.47 Å². The summed E-state index contributed by atoms with van der Waals surface area (Å²) >= 11 is 0. The highest BCUT2D eigenvalue weighted by molar-refractivity contribution is 5.76. The van der Waals surface area contributed by atoms with Gasteiger partial charge in [-0.05, 0) is 50.2 Å². The van der Waals surface area contributed by atoms with Gasteiger partial charge in [0.05, 0.1) is 12.7 Å². The zero-order valence-electron chi connectivity index (χ0n) is 13.4. The Hall–Kier alpha value is -1.51. The Kier molecular flexibility index (Phi) is 5.27. The van der Waals surface area contributed by atoms with Crippen molar-refractivity contribution in [3.05, 3.63) is 23.8 Å². The van der Waals surface area contributed by atoms with E-state index in [0.29, 0.717) is 23.3 Å². The van der Waals surface area contributed by atoms with Gasteiger partial charge in [0.15, 0.2) is 0 Å². The van der Waals surface area contributed by atoms with Crippen molar-refractivity contribution >= 4 is 6.29 Å². The smallest absolute Gasteiger partial charge is 0.150 e. The minimum Gasteiger partial charge on any atom is -0.494 e. The van der Waals surface area contributed by atoms with Crippen molar-refractivity contribution in [2.24, 2.45) is 5.41 Å². The molecule has 1 aromatic carbocycles. The highest BCUT2D eigenvalue weighted by Crippen LogP contribution is 2.39. The van der Waals surface area contributed by atoms with Crippen LogP contribution in [0, 0.1) is 5.41 Å². The van der Waals surface area contributed by atoms with E-state index < -0.39 is 0 Å². The van der Waals surface area contributed by atoms with Gasteiger partial charge in [0.2, 0.25) is 0 Å². The molecule has 0 aliphatic heterocycles. The van der Waals surface area contributed by atoms with Crippen LogP contribution in [-0.4, -0.2) is 19.0 Å². The van der Waals surface area contributed by atoms with E-state index in [1.165, 1.54) is 19.3 Å². The number of carbonyl (C=O) groups is 1. The third-order valence-electron chi connectivity index (χ3n) is 4.65. The number of aldehydes is 1. The zero-order valence-corrected chi connectivity index (χ0v) is 13.4. The molecule has 21 heavy (non-hydrogen) atoms. The molecule has 1 aliphatic carbocycles. The van der Waals surface area contributed by atoms with Gasteiger partial charge in [-0.3, -0.25) is 4.79 Å². The molecule has 1 fully saturated rings. The molecule has 0 N–H and O–H groups in total. The molecule has 1 saturated carbocycles. The van der Waals surface area contributed by atoms with Crippen LogP contribution in [0.4, 0.5) is 0 Å². The molecule has 2 rings (SSSR count). The first kappa shape index (κ1) is 15.9. The standard InChI is InChI=1S/C18H26O3/c1-4-18(3)8-6-15(7-9-18)21-17-11-14(13-19)10-16(12-17)20-5-2/h10-13,15H,4-9H2,1-3H3. The second-order valence-electron chi connectivity index (χ2n) is 6.27. The minimum absolute atomic E-state index is 0.251.